The van der Waals surface area contributed by atoms with Crippen LogP contribution in [0.15, 0.2) is 36.5 Å². The fourth-order valence-corrected chi connectivity index (χ4v) is 1.98. The lowest BCUT2D eigenvalue weighted by molar-refractivity contribution is 0.910. The molecule has 0 fully saturated rings. The predicted octanol–water partition coefficient (Wildman–Crippen LogP) is 3.42. The zero-order valence-corrected chi connectivity index (χ0v) is 10.8. The maximum atomic E-state index is 6.01. The summed E-state index contributed by atoms with van der Waals surface area (Å²) in [5, 5.41) is 0.523. The van der Waals surface area contributed by atoms with Crippen LogP contribution in [-0.4, -0.2) is 17.0 Å². The van der Waals surface area contributed by atoms with Crippen molar-refractivity contribution in [3.8, 4) is 0 Å². The second kappa shape index (κ2) is 5.34. The van der Waals surface area contributed by atoms with Gasteiger partial charge in [-0.05, 0) is 17.2 Å². The topological polar surface area (TPSA) is 29.0 Å². The fourth-order valence-electron chi connectivity index (χ4n) is 1.53. The van der Waals surface area contributed by atoms with Gasteiger partial charge in [-0.2, -0.15) is 0 Å². The molecule has 1 aromatic heterocycles. The third kappa shape index (κ3) is 3.08. The number of rotatable bonds is 3. The van der Waals surface area contributed by atoms with E-state index in [2.05, 4.69) is 22.1 Å². The third-order valence-electron chi connectivity index (χ3n) is 2.37. The summed E-state index contributed by atoms with van der Waals surface area (Å²) in [6.07, 6.45) is 1.63. The zero-order valence-electron chi connectivity index (χ0n) is 9.27. The number of nitrogens with zero attached hydrogens (tertiary/aromatic N) is 3. The van der Waals surface area contributed by atoms with Crippen LogP contribution in [0.1, 0.15) is 5.56 Å². The van der Waals surface area contributed by atoms with Crippen LogP contribution in [0.25, 0.3) is 0 Å². The molecule has 0 aliphatic carbocycles. The SMILES string of the molecule is CN(Cc1ccccc1)c1cnc(Cl)nc1Cl. The smallest absolute Gasteiger partial charge is 0.223 e. The molecular formula is C12H11Cl2N3. The zero-order chi connectivity index (χ0) is 12.3. The maximum Gasteiger partial charge on any atom is 0.223 e. The van der Waals surface area contributed by atoms with E-state index in [1.165, 1.54) is 5.56 Å². The van der Waals surface area contributed by atoms with Gasteiger partial charge >= 0.3 is 0 Å². The van der Waals surface area contributed by atoms with Gasteiger partial charge in [-0.15, -0.1) is 0 Å². The van der Waals surface area contributed by atoms with Gasteiger partial charge in [0.1, 0.15) is 0 Å². The number of halogens is 2. The Morgan fingerprint density at radius 3 is 2.53 bits per heavy atom. The molecule has 3 nitrogen and oxygen atoms in total. The van der Waals surface area contributed by atoms with Crippen molar-refractivity contribution in [3.05, 3.63) is 52.5 Å². The summed E-state index contributed by atoms with van der Waals surface area (Å²) in [4.78, 5) is 9.83. The van der Waals surface area contributed by atoms with Crippen LogP contribution < -0.4 is 4.90 Å². The maximum absolute atomic E-state index is 6.01. The number of hydrogen-bond donors (Lipinski definition) is 0. The van der Waals surface area contributed by atoms with E-state index in [-0.39, 0.29) is 5.28 Å². The lowest BCUT2D eigenvalue weighted by Crippen LogP contribution is -2.17. The number of hydrogen-bond acceptors (Lipinski definition) is 3. The van der Waals surface area contributed by atoms with E-state index >= 15 is 0 Å². The first kappa shape index (κ1) is 12.1. The molecule has 0 amide bonds. The molecular weight excluding hydrogens is 257 g/mol. The van der Waals surface area contributed by atoms with Crippen molar-refractivity contribution in [2.45, 2.75) is 6.54 Å². The first-order valence-electron chi connectivity index (χ1n) is 5.10. The highest BCUT2D eigenvalue weighted by Crippen LogP contribution is 2.24. The Kier molecular flexibility index (Phi) is 3.82. The van der Waals surface area contributed by atoms with Gasteiger partial charge in [0, 0.05) is 13.6 Å². The van der Waals surface area contributed by atoms with Crippen LogP contribution in [0.4, 0.5) is 5.69 Å². The molecule has 0 radical (unpaired) electrons. The molecule has 0 saturated heterocycles. The third-order valence-corrected chi connectivity index (χ3v) is 2.83. The van der Waals surface area contributed by atoms with Crippen LogP contribution in [-0.2, 0) is 6.54 Å². The summed E-state index contributed by atoms with van der Waals surface area (Å²) in [5.74, 6) is 0. The summed E-state index contributed by atoms with van der Waals surface area (Å²) in [5.41, 5.74) is 1.96. The number of benzene rings is 1. The number of anilines is 1. The van der Waals surface area contributed by atoms with Crippen molar-refractivity contribution in [2.75, 3.05) is 11.9 Å². The minimum atomic E-state index is 0.159. The van der Waals surface area contributed by atoms with Crippen molar-refractivity contribution in [2.24, 2.45) is 0 Å². The highest BCUT2D eigenvalue weighted by molar-refractivity contribution is 6.33. The van der Waals surface area contributed by atoms with Gasteiger partial charge < -0.3 is 4.90 Å². The van der Waals surface area contributed by atoms with E-state index in [1.54, 1.807) is 6.20 Å². The van der Waals surface area contributed by atoms with Crippen molar-refractivity contribution in [1.82, 2.24) is 9.97 Å². The molecule has 0 N–H and O–H groups in total. The first-order chi connectivity index (χ1) is 8.16. The minimum absolute atomic E-state index is 0.159. The fraction of sp³-hybridized carbons (Fsp3) is 0.167. The second-order valence-corrected chi connectivity index (χ2v) is 4.35. The van der Waals surface area contributed by atoms with Gasteiger partial charge in [-0.1, -0.05) is 41.9 Å². The van der Waals surface area contributed by atoms with Gasteiger partial charge in [-0.25, -0.2) is 9.97 Å². The van der Waals surface area contributed by atoms with Crippen LogP contribution >= 0.6 is 23.2 Å². The number of aromatic nitrogens is 2. The molecule has 1 aromatic carbocycles. The molecule has 0 bridgehead atoms. The van der Waals surface area contributed by atoms with Crippen LogP contribution in [0.2, 0.25) is 10.4 Å². The summed E-state index contributed by atoms with van der Waals surface area (Å²) in [6, 6.07) is 10.1. The summed E-state index contributed by atoms with van der Waals surface area (Å²) in [6.45, 7) is 0.742. The molecule has 0 spiro atoms. The Balaban J connectivity index is 2.17. The summed E-state index contributed by atoms with van der Waals surface area (Å²) >= 11 is 11.7. The molecule has 0 aliphatic rings. The highest BCUT2D eigenvalue weighted by Gasteiger charge is 2.09. The van der Waals surface area contributed by atoms with Gasteiger partial charge in [0.05, 0.1) is 11.9 Å². The Hall–Kier alpha value is -1.32. The molecule has 1 heterocycles. The molecule has 88 valence electrons. The molecule has 2 aromatic rings. The quantitative estimate of drug-likeness (QED) is 0.631. The van der Waals surface area contributed by atoms with E-state index < -0.39 is 0 Å². The lowest BCUT2D eigenvalue weighted by Gasteiger charge is -2.19. The molecule has 2 rings (SSSR count). The highest BCUT2D eigenvalue weighted by atomic mass is 35.5. The second-order valence-electron chi connectivity index (χ2n) is 3.66. The summed E-state index contributed by atoms with van der Waals surface area (Å²) in [7, 11) is 1.94. The van der Waals surface area contributed by atoms with Crippen molar-refractivity contribution < 1.29 is 0 Å². The van der Waals surface area contributed by atoms with E-state index in [0.29, 0.717) is 5.15 Å². The largest absolute Gasteiger partial charge is 0.367 e. The Morgan fingerprint density at radius 2 is 1.88 bits per heavy atom. The van der Waals surface area contributed by atoms with Gasteiger partial charge in [0.2, 0.25) is 5.28 Å². The lowest BCUT2D eigenvalue weighted by atomic mass is 10.2. The monoisotopic (exact) mass is 267 g/mol. The van der Waals surface area contributed by atoms with Gasteiger partial charge in [0.15, 0.2) is 5.15 Å². The van der Waals surface area contributed by atoms with Crippen LogP contribution in [0, 0.1) is 0 Å². The summed E-state index contributed by atoms with van der Waals surface area (Å²) < 4.78 is 0. The minimum Gasteiger partial charge on any atom is -0.367 e. The molecule has 5 heteroatoms. The van der Waals surface area contributed by atoms with Crippen molar-refractivity contribution in [3.63, 3.8) is 0 Å². The average Bonchev–Trinajstić information content (AvgIpc) is 2.30. The Morgan fingerprint density at radius 1 is 1.18 bits per heavy atom. The predicted molar refractivity (Wildman–Crippen MR) is 70.6 cm³/mol. The van der Waals surface area contributed by atoms with Gasteiger partial charge in [-0.3, -0.25) is 0 Å². The standard InChI is InChI=1S/C12H11Cl2N3/c1-17(8-9-5-3-2-4-6-9)10-7-15-12(14)16-11(10)13/h2-7H,8H2,1H3. The van der Waals surface area contributed by atoms with Crippen LogP contribution in [0.5, 0.6) is 0 Å². The Bertz CT molecular complexity index is 502. The van der Waals surface area contributed by atoms with Crippen molar-refractivity contribution in [1.29, 1.82) is 0 Å². The molecule has 0 aliphatic heterocycles. The van der Waals surface area contributed by atoms with Crippen LogP contribution in [0.3, 0.4) is 0 Å². The Labute approximate surface area is 110 Å². The van der Waals surface area contributed by atoms with E-state index in [1.807, 2.05) is 30.1 Å². The van der Waals surface area contributed by atoms with Crippen molar-refractivity contribution >= 4 is 28.9 Å². The normalized spacial score (nSPS) is 10.3. The molecule has 17 heavy (non-hydrogen) atoms. The molecule has 0 saturated carbocycles. The van der Waals surface area contributed by atoms with E-state index in [9.17, 15) is 0 Å². The van der Waals surface area contributed by atoms with E-state index in [0.717, 1.165) is 12.2 Å². The average molecular weight is 268 g/mol. The van der Waals surface area contributed by atoms with Gasteiger partial charge in [0.25, 0.3) is 0 Å². The van der Waals surface area contributed by atoms with E-state index in [4.69, 9.17) is 23.2 Å². The molecule has 0 unspecified atom stereocenters. The molecule has 0 atom stereocenters. The first-order valence-corrected chi connectivity index (χ1v) is 5.85.